The van der Waals surface area contributed by atoms with Crippen molar-refractivity contribution in [3.8, 4) is 0 Å². The number of fused-ring (bicyclic) bond motifs is 1. The second-order valence-electron chi connectivity index (χ2n) is 11.7. The predicted molar refractivity (Wildman–Crippen MR) is 137 cm³/mol. The fourth-order valence-corrected chi connectivity index (χ4v) is 11.6. The van der Waals surface area contributed by atoms with Crippen molar-refractivity contribution in [2.75, 3.05) is 0 Å². The minimum absolute atomic E-state index is 0.0874. The van der Waals surface area contributed by atoms with Crippen LogP contribution in [0.3, 0.4) is 0 Å². The van der Waals surface area contributed by atoms with E-state index in [0.29, 0.717) is 28.6 Å². The van der Waals surface area contributed by atoms with E-state index in [-0.39, 0.29) is 35.9 Å². The van der Waals surface area contributed by atoms with Crippen LogP contribution in [-0.2, 0) is 28.2 Å². The van der Waals surface area contributed by atoms with E-state index in [0.717, 1.165) is 0 Å². The van der Waals surface area contributed by atoms with E-state index in [2.05, 4.69) is 41.5 Å². The van der Waals surface area contributed by atoms with Crippen molar-refractivity contribution in [1.82, 2.24) is 0 Å². The Morgan fingerprint density at radius 2 is 1.49 bits per heavy atom. The average Bonchev–Trinajstić information content (AvgIpc) is 3.14. The number of Topliss-reactive ketones (excluding diaryl/α,β-unsaturated/α-hetero) is 1. The third-order valence-electron chi connectivity index (χ3n) is 7.41. The number of aliphatic hydroxyl groups is 1. The van der Waals surface area contributed by atoms with Gasteiger partial charge in [0.2, 0.25) is 25.5 Å². The van der Waals surface area contributed by atoms with E-state index in [9.17, 15) is 9.90 Å². The SMILES string of the molecule is CC(C)OC1=C(OC(C)C)C(O)(C2=C[C@H](C)O[C@H]3CC(O[Si](C(C)C)(C(C)C)C(C)C)O[C@@H]23)C1=O. The predicted octanol–water partition coefficient (Wildman–Crippen LogP) is 5.38. The number of rotatable bonds is 10. The van der Waals surface area contributed by atoms with E-state index in [1.807, 2.05) is 34.6 Å². The number of ketones is 1. The van der Waals surface area contributed by atoms with Crippen LogP contribution < -0.4 is 0 Å². The fourth-order valence-electron chi connectivity index (χ4n) is 6.17. The first kappa shape index (κ1) is 28.4. The summed E-state index contributed by atoms with van der Waals surface area (Å²) in [6, 6.07) is 0. The molecule has 5 atom stereocenters. The van der Waals surface area contributed by atoms with Crippen LogP contribution in [0.1, 0.15) is 82.6 Å². The maximum Gasteiger partial charge on any atom is 0.244 e. The van der Waals surface area contributed by atoms with Gasteiger partial charge >= 0.3 is 0 Å². The molecule has 2 unspecified atom stereocenters. The second-order valence-corrected chi connectivity index (χ2v) is 17.1. The Bertz CT molecular complexity index is 838. The molecule has 0 aromatic carbocycles. The van der Waals surface area contributed by atoms with Crippen molar-refractivity contribution in [2.24, 2.45) is 0 Å². The molecule has 7 nitrogen and oxygen atoms in total. The Hall–Kier alpha value is -1.19. The van der Waals surface area contributed by atoms with Crippen LogP contribution in [-0.4, -0.2) is 61.6 Å². The van der Waals surface area contributed by atoms with Gasteiger partial charge in [-0.2, -0.15) is 0 Å². The Balaban J connectivity index is 1.95. The van der Waals surface area contributed by atoms with Crippen LogP contribution in [0, 0.1) is 0 Å². The molecule has 1 saturated heterocycles. The monoisotopic (exact) mass is 510 g/mol. The molecule has 3 rings (SSSR count). The van der Waals surface area contributed by atoms with E-state index >= 15 is 0 Å². The van der Waals surface area contributed by atoms with E-state index in [1.54, 1.807) is 6.08 Å². The molecule has 8 heteroatoms. The molecule has 0 amide bonds. The minimum atomic E-state index is -2.20. The average molecular weight is 511 g/mol. The van der Waals surface area contributed by atoms with Crippen LogP contribution in [0.4, 0.5) is 0 Å². The number of hydrogen-bond donors (Lipinski definition) is 1. The second kappa shape index (κ2) is 10.3. The third-order valence-corrected chi connectivity index (χ3v) is 13.5. The maximum atomic E-state index is 13.3. The third kappa shape index (κ3) is 4.89. The Morgan fingerprint density at radius 3 is 1.97 bits per heavy atom. The van der Waals surface area contributed by atoms with Gasteiger partial charge in [-0.05, 0) is 51.2 Å². The summed E-state index contributed by atoms with van der Waals surface area (Å²) < 4.78 is 31.2. The molecule has 0 saturated carbocycles. The summed E-state index contributed by atoms with van der Waals surface area (Å²) in [5.41, 5.74) is -0.232. The molecule has 1 fully saturated rings. The highest BCUT2D eigenvalue weighted by atomic mass is 28.4. The molecule has 2 aliphatic heterocycles. The van der Waals surface area contributed by atoms with Crippen LogP contribution in [0.2, 0.25) is 16.6 Å². The van der Waals surface area contributed by atoms with Gasteiger partial charge in [-0.25, -0.2) is 0 Å². The number of carbonyl (C=O) groups is 1. The quantitative estimate of drug-likeness (QED) is 0.312. The van der Waals surface area contributed by atoms with Crippen LogP contribution in [0.5, 0.6) is 0 Å². The van der Waals surface area contributed by atoms with Crippen molar-refractivity contribution >= 4 is 14.1 Å². The van der Waals surface area contributed by atoms with Gasteiger partial charge in [0.1, 0.15) is 6.10 Å². The first-order valence-corrected chi connectivity index (χ1v) is 15.4. The summed E-state index contributed by atoms with van der Waals surface area (Å²) >= 11 is 0. The smallest absolute Gasteiger partial charge is 0.244 e. The van der Waals surface area contributed by atoms with Gasteiger partial charge in [-0.1, -0.05) is 47.6 Å². The lowest BCUT2D eigenvalue weighted by molar-refractivity contribution is -0.152. The summed E-state index contributed by atoms with van der Waals surface area (Å²) in [5, 5.41) is 11.8. The highest BCUT2D eigenvalue weighted by molar-refractivity contribution is 6.77. The van der Waals surface area contributed by atoms with Gasteiger partial charge in [-0.15, -0.1) is 0 Å². The first-order valence-electron chi connectivity index (χ1n) is 13.2. The topological polar surface area (TPSA) is 83.5 Å². The van der Waals surface area contributed by atoms with Gasteiger partial charge in [-0.3, -0.25) is 4.79 Å². The summed E-state index contributed by atoms with van der Waals surface area (Å²) in [6.45, 7) is 22.7. The summed E-state index contributed by atoms with van der Waals surface area (Å²) in [7, 11) is -2.20. The van der Waals surface area contributed by atoms with Crippen molar-refractivity contribution in [2.45, 2.75) is 142 Å². The van der Waals surface area contributed by atoms with Crippen LogP contribution >= 0.6 is 0 Å². The van der Waals surface area contributed by atoms with E-state index in [1.165, 1.54) is 0 Å². The molecule has 0 aromatic rings. The summed E-state index contributed by atoms with van der Waals surface area (Å²) in [5.74, 6) is -0.248. The normalized spacial score (nSPS) is 31.6. The van der Waals surface area contributed by atoms with Crippen molar-refractivity contribution in [3.05, 3.63) is 23.2 Å². The lowest BCUT2D eigenvalue weighted by Crippen LogP contribution is -2.59. The zero-order chi connectivity index (χ0) is 26.5. The molecule has 0 bridgehead atoms. The van der Waals surface area contributed by atoms with E-state index < -0.39 is 32.1 Å². The Kier molecular flexibility index (Phi) is 8.34. The maximum absolute atomic E-state index is 13.3. The van der Waals surface area contributed by atoms with Crippen molar-refractivity contribution in [1.29, 1.82) is 0 Å². The fraction of sp³-hybridized carbons (Fsp3) is 0.815. The van der Waals surface area contributed by atoms with Gasteiger partial charge in [0.25, 0.3) is 0 Å². The molecule has 0 spiro atoms. The Labute approximate surface area is 212 Å². The molecular formula is C27H46O7Si. The van der Waals surface area contributed by atoms with Gasteiger partial charge < -0.3 is 28.5 Å². The molecule has 1 aliphatic carbocycles. The lowest BCUT2D eigenvalue weighted by atomic mass is 9.72. The number of ether oxygens (including phenoxy) is 4. The van der Waals surface area contributed by atoms with Crippen LogP contribution in [0.15, 0.2) is 23.2 Å². The molecule has 35 heavy (non-hydrogen) atoms. The number of carbonyl (C=O) groups excluding carboxylic acids is 1. The Morgan fingerprint density at radius 1 is 0.943 bits per heavy atom. The van der Waals surface area contributed by atoms with Gasteiger partial charge in [0.15, 0.2) is 12.0 Å². The molecule has 1 N–H and O–H groups in total. The lowest BCUT2D eigenvalue weighted by Gasteiger charge is -2.45. The highest BCUT2D eigenvalue weighted by Crippen LogP contribution is 2.50. The first-order chi connectivity index (χ1) is 16.2. The molecule has 0 radical (unpaired) electrons. The van der Waals surface area contributed by atoms with Gasteiger partial charge in [0.05, 0.1) is 24.4 Å². The largest absolute Gasteiger partial charge is 0.487 e. The zero-order valence-corrected chi connectivity index (χ0v) is 24.4. The molecule has 3 aliphatic rings. The standard InChI is InChI=1S/C27H46O7Si/c1-14(2)30-24-25(28)27(29,26(24)31-15(3)4)20-12-19(11)32-21-13-22(33-23(20)21)34-35(16(5)6,17(7)8)18(9)10/h12,14-19,21-23,29H,13H2,1-11H3/t19-,21-,22?,23-,27?/m0/s1. The highest BCUT2D eigenvalue weighted by Gasteiger charge is 2.64. The zero-order valence-electron chi connectivity index (χ0n) is 23.4. The molecule has 0 aromatic heterocycles. The van der Waals surface area contributed by atoms with E-state index in [4.69, 9.17) is 23.4 Å². The minimum Gasteiger partial charge on any atom is -0.487 e. The molecular weight excluding hydrogens is 464 g/mol. The van der Waals surface area contributed by atoms with Crippen molar-refractivity contribution in [3.63, 3.8) is 0 Å². The van der Waals surface area contributed by atoms with Crippen molar-refractivity contribution < 1.29 is 33.3 Å². The summed E-state index contributed by atoms with van der Waals surface area (Å²) in [6.07, 6.45) is 0.215. The van der Waals surface area contributed by atoms with Crippen LogP contribution in [0.25, 0.3) is 0 Å². The number of hydrogen-bond acceptors (Lipinski definition) is 7. The van der Waals surface area contributed by atoms with Gasteiger partial charge in [0, 0.05) is 12.0 Å². The molecule has 200 valence electrons. The molecule has 2 heterocycles. The summed E-state index contributed by atoms with van der Waals surface area (Å²) in [4.78, 5) is 13.3.